The van der Waals surface area contributed by atoms with Crippen molar-refractivity contribution in [2.75, 3.05) is 13.4 Å². The summed E-state index contributed by atoms with van der Waals surface area (Å²) in [7, 11) is -0.357. The van der Waals surface area contributed by atoms with Gasteiger partial charge in [-0.25, -0.2) is 8.78 Å². The molecular weight excluding hydrogens is 533 g/mol. The van der Waals surface area contributed by atoms with E-state index in [1.807, 2.05) is 62.4 Å². The number of alkyl halides is 7. The van der Waals surface area contributed by atoms with Gasteiger partial charge in [-0.05, 0) is 55.7 Å². The van der Waals surface area contributed by atoms with E-state index < -0.39 is 37.3 Å². The van der Waals surface area contributed by atoms with Gasteiger partial charge in [0.05, 0.1) is 23.9 Å². The first kappa shape index (κ1) is 29.8. The predicted octanol–water partition coefficient (Wildman–Crippen LogP) is 8.75. The molecule has 206 valence electrons. The highest BCUT2D eigenvalue weighted by Gasteiger charge is 2.61. The fourth-order valence-electron chi connectivity index (χ4n) is 3.88. The Morgan fingerprint density at radius 3 is 1.68 bits per heavy atom. The Morgan fingerprint density at radius 1 is 0.711 bits per heavy atom. The van der Waals surface area contributed by atoms with Crippen LogP contribution in [0.5, 0.6) is 5.75 Å². The van der Waals surface area contributed by atoms with Gasteiger partial charge in [-0.15, -0.1) is 0 Å². The number of benzene rings is 3. The number of rotatable bonds is 12. The number of hydrogen-bond donors (Lipinski definition) is 0. The fourth-order valence-corrected chi connectivity index (χ4v) is 6.15. The van der Waals surface area contributed by atoms with E-state index in [9.17, 15) is 30.7 Å². The first-order chi connectivity index (χ1) is 17.8. The van der Waals surface area contributed by atoms with Gasteiger partial charge in [-0.1, -0.05) is 36.4 Å². The number of aryl methyl sites for hydroxylation is 2. The van der Waals surface area contributed by atoms with Crippen LogP contribution in [0.4, 0.5) is 30.7 Å². The molecule has 0 aliphatic heterocycles. The van der Waals surface area contributed by atoms with E-state index in [4.69, 9.17) is 9.47 Å². The summed E-state index contributed by atoms with van der Waals surface area (Å²) in [6.07, 6.45) is -10.2. The third-order valence-corrected chi connectivity index (χ3v) is 7.83. The minimum Gasteiger partial charge on any atom is -0.467 e. The summed E-state index contributed by atoms with van der Waals surface area (Å²) in [6.45, 7) is 3.19. The van der Waals surface area contributed by atoms with Crippen LogP contribution in [0, 0.1) is 13.8 Å². The zero-order chi connectivity index (χ0) is 28.0. The van der Waals surface area contributed by atoms with Gasteiger partial charge in [0.2, 0.25) is 0 Å². The van der Waals surface area contributed by atoms with Crippen molar-refractivity contribution in [1.29, 1.82) is 0 Å². The van der Waals surface area contributed by atoms with Crippen LogP contribution in [-0.4, -0.2) is 31.4 Å². The number of halogens is 7. The van der Waals surface area contributed by atoms with Crippen LogP contribution >= 0.6 is 0 Å². The Balaban J connectivity index is 1.59. The molecule has 0 N–H and O–H groups in total. The Bertz CT molecular complexity index is 1110. The Kier molecular flexibility index (Phi) is 9.75. The topological polar surface area (TPSA) is 18.5 Å². The molecule has 10 heteroatoms. The lowest BCUT2D eigenvalue weighted by Crippen LogP contribution is -2.41. The highest BCUT2D eigenvalue weighted by molar-refractivity contribution is 7.97. The molecule has 0 heterocycles. The summed E-state index contributed by atoms with van der Waals surface area (Å²) in [5.41, 5.74) is 1.68. The predicted molar refractivity (Wildman–Crippen MR) is 132 cm³/mol. The third-order valence-electron chi connectivity index (χ3n) is 5.64. The van der Waals surface area contributed by atoms with Crippen LogP contribution < -0.4 is 4.74 Å². The molecule has 0 saturated carbocycles. The lowest BCUT2D eigenvalue weighted by atomic mass is 10.1. The van der Waals surface area contributed by atoms with E-state index in [0.717, 1.165) is 25.8 Å². The van der Waals surface area contributed by atoms with Crippen LogP contribution in [0.15, 0.2) is 87.5 Å². The van der Waals surface area contributed by atoms with Crippen LogP contribution in [-0.2, 0) is 15.6 Å². The second-order valence-corrected chi connectivity index (χ2v) is 10.9. The molecule has 0 bridgehead atoms. The van der Waals surface area contributed by atoms with Gasteiger partial charge in [-0.2, -0.15) is 22.0 Å². The second kappa shape index (κ2) is 12.4. The van der Waals surface area contributed by atoms with Crippen molar-refractivity contribution in [3.63, 3.8) is 0 Å². The maximum absolute atomic E-state index is 13.6. The van der Waals surface area contributed by atoms with E-state index >= 15 is 0 Å². The molecule has 0 fully saturated rings. The highest BCUT2D eigenvalue weighted by atomic mass is 32.2. The van der Waals surface area contributed by atoms with Gasteiger partial charge in [0.25, 0.3) is 5.92 Å². The van der Waals surface area contributed by atoms with Crippen LogP contribution in [0.25, 0.3) is 0 Å². The number of hydrogen-bond acceptors (Lipinski definition) is 2. The van der Waals surface area contributed by atoms with Crippen molar-refractivity contribution in [3.8, 4) is 5.75 Å². The van der Waals surface area contributed by atoms with Crippen LogP contribution in [0.3, 0.4) is 0 Å². The minimum atomic E-state index is -6.02. The minimum absolute atomic E-state index is 0.283. The molecule has 2 nitrogen and oxygen atoms in total. The Hall–Kier alpha value is -2.72. The largest absolute Gasteiger partial charge is 0.467 e. The maximum Gasteiger partial charge on any atom is 0.453 e. The maximum atomic E-state index is 13.6. The molecule has 0 radical (unpaired) electrons. The Morgan fingerprint density at radius 2 is 1.21 bits per heavy atom. The number of ether oxygens (including phenoxy) is 2. The third kappa shape index (κ3) is 7.89. The van der Waals surface area contributed by atoms with Crippen molar-refractivity contribution in [1.82, 2.24) is 0 Å². The van der Waals surface area contributed by atoms with E-state index in [0.29, 0.717) is 5.75 Å². The van der Waals surface area contributed by atoms with Gasteiger partial charge in [0.15, 0.2) is 21.5 Å². The van der Waals surface area contributed by atoms with E-state index in [1.54, 1.807) is 0 Å². The molecule has 0 aliphatic rings. The molecule has 3 aromatic rings. The molecular formula is C28H28F7O2S+. The molecule has 0 saturated heterocycles. The van der Waals surface area contributed by atoms with Gasteiger partial charge >= 0.3 is 12.1 Å². The van der Waals surface area contributed by atoms with E-state index in [-0.39, 0.29) is 24.3 Å². The van der Waals surface area contributed by atoms with Gasteiger partial charge in [0, 0.05) is 18.6 Å². The molecule has 0 aromatic heterocycles. The molecule has 0 atom stereocenters. The van der Waals surface area contributed by atoms with Gasteiger partial charge in [0.1, 0.15) is 5.75 Å². The fraction of sp³-hybridized carbons (Fsp3) is 0.357. The highest BCUT2D eigenvalue weighted by Crippen LogP contribution is 2.44. The normalized spacial score (nSPS) is 12.7. The monoisotopic (exact) mass is 561 g/mol. The van der Waals surface area contributed by atoms with E-state index in [1.165, 1.54) is 0 Å². The molecule has 3 rings (SSSR count). The average molecular weight is 562 g/mol. The first-order valence-electron chi connectivity index (χ1n) is 11.8. The zero-order valence-electron chi connectivity index (χ0n) is 20.8. The van der Waals surface area contributed by atoms with Gasteiger partial charge < -0.3 is 9.47 Å². The SMILES string of the molecule is Cc1cc([S+](c2ccccc2)c2ccccc2)cc(C)c1OCOCCCC(F)(F)CC(F)(F)C(F)(F)F. The first-order valence-corrected chi connectivity index (χ1v) is 13.0. The lowest BCUT2D eigenvalue weighted by molar-refractivity contribution is -0.301. The van der Waals surface area contributed by atoms with Crippen LogP contribution in [0.2, 0.25) is 0 Å². The van der Waals surface area contributed by atoms with Crippen molar-refractivity contribution < 1.29 is 40.2 Å². The van der Waals surface area contributed by atoms with Crippen LogP contribution in [0.1, 0.15) is 30.4 Å². The molecule has 38 heavy (non-hydrogen) atoms. The summed E-state index contributed by atoms with van der Waals surface area (Å²) in [5, 5.41) is 0. The van der Waals surface area contributed by atoms with Gasteiger partial charge in [-0.3, -0.25) is 0 Å². The smallest absolute Gasteiger partial charge is 0.453 e. The molecule has 0 amide bonds. The Labute approximate surface area is 220 Å². The average Bonchev–Trinajstić information content (AvgIpc) is 2.83. The lowest BCUT2D eigenvalue weighted by Gasteiger charge is -2.24. The summed E-state index contributed by atoms with van der Waals surface area (Å²) >= 11 is 0. The summed E-state index contributed by atoms with van der Waals surface area (Å²) in [4.78, 5) is 3.39. The van der Waals surface area contributed by atoms with Crippen molar-refractivity contribution in [2.45, 2.75) is 65.8 Å². The summed E-state index contributed by atoms with van der Waals surface area (Å²) in [6, 6.07) is 24.2. The standard InChI is InChI=1S/C28H28F7O2S/c1-20-16-24(38(22-10-5-3-6-11-22)23-12-7-4-8-13-23)17-21(2)25(20)37-19-36-15-9-14-26(29,30)18-27(31,32)28(33,34)35/h3-8,10-13,16-17H,9,14-15,18-19H2,1-2H3/q+1. The quantitative estimate of drug-likeness (QED) is 0.0953. The van der Waals surface area contributed by atoms with Crippen molar-refractivity contribution in [3.05, 3.63) is 83.9 Å². The molecule has 0 spiro atoms. The van der Waals surface area contributed by atoms with E-state index in [2.05, 4.69) is 24.3 Å². The van der Waals surface area contributed by atoms with Crippen molar-refractivity contribution >= 4 is 10.9 Å². The second-order valence-electron chi connectivity index (χ2n) is 8.83. The molecule has 3 aromatic carbocycles. The summed E-state index contributed by atoms with van der Waals surface area (Å²) in [5.74, 6) is -9.07. The molecule has 0 aliphatic carbocycles. The zero-order valence-corrected chi connectivity index (χ0v) is 21.7. The molecule has 0 unspecified atom stereocenters. The summed E-state index contributed by atoms with van der Waals surface area (Å²) < 4.78 is 101. The van der Waals surface area contributed by atoms with Crippen molar-refractivity contribution in [2.24, 2.45) is 0 Å².